The molecule has 0 aromatic rings. The molecule has 0 aliphatic rings. The molecule has 0 aliphatic carbocycles. The van der Waals surface area contributed by atoms with Crippen LogP contribution in [0.3, 0.4) is 0 Å². The summed E-state index contributed by atoms with van der Waals surface area (Å²) in [5.74, 6) is -2.10. The van der Waals surface area contributed by atoms with Crippen LogP contribution in [0.1, 0.15) is 45.4 Å². The number of nitrogens with one attached hydrogen (secondary N) is 2. The molecule has 0 aliphatic heterocycles. The van der Waals surface area contributed by atoms with Gasteiger partial charge in [-0.2, -0.15) is 0 Å². The van der Waals surface area contributed by atoms with Crippen molar-refractivity contribution in [3.05, 3.63) is 0 Å². The van der Waals surface area contributed by atoms with Crippen LogP contribution in [0.25, 0.3) is 0 Å². The first kappa shape index (κ1) is 22.3. The number of carboxylic acids is 1. The van der Waals surface area contributed by atoms with E-state index in [9.17, 15) is 19.5 Å². The van der Waals surface area contributed by atoms with Gasteiger partial charge in [-0.1, -0.05) is 0 Å². The van der Waals surface area contributed by atoms with Gasteiger partial charge in [0.1, 0.15) is 12.1 Å². The summed E-state index contributed by atoms with van der Waals surface area (Å²) in [5.41, 5.74) is 16.3. The lowest BCUT2D eigenvalue weighted by molar-refractivity contribution is -0.142. The van der Waals surface area contributed by atoms with E-state index in [1.165, 1.54) is 6.92 Å². The minimum atomic E-state index is -1.11. The van der Waals surface area contributed by atoms with Crippen molar-refractivity contribution in [3.8, 4) is 0 Å². The highest BCUT2D eigenvalue weighted by atomic mass is 16.4. The first-order chi connectivity index (χ1) is 11.3. The molecule has 2 amide bonds. The second kappa shape index (κ2) is 12.7. The molecule has 0 spiro atoms. The Morgan fingerprint density at radius 1 is 0.875 bits per heavy atom. The Hall–Kier alpha value is -1.71. The van der Waals surface area contributed by atoms with Gasteiger partial charge >= 0.3 is 5.97 Å². The Balaban J connectivity index is 4.78. The topological polar surface area (TPSA) is 174 Å². The Labute approximate surface area is 142 Å². The number of carbonyl (C=O) groups excluding carboxylic acids is 2. The molecule has 0 saturated carbocycles. The molecule has 0 heterocycles. The van der Waals surface area contributed by atoms with Gasteiger partial charge in [-0.25, -0.2) is 4.79 Å². The summed E-state index contributed by atoms with van der Waals surface area (Å²) in [7, 11) is 0. The number of carboxylic acid groups (broad SMARTS) is 1. The highest BCUT2D eigenvalue weighted by molar-refractivity contribution is 5.91. The first-order valence-corrected chi connectivity index (χ1v) is 8.32. The van der Waals surface area contributed by atoms with Gasteiger partial charge in [-0.15, -0.1) is 0 Å². The van der Waals surface area contributed by atoms with E-state index in [1.54, 1.807) is 0 Å². The second-order valence-corrected chi connectivity index (χ2v) is 5.82. The number of amides is 2. The number of hydrogen-bond acceptors (Lipinski definition) is 6. The maximum atomic E-state index is 12.4. The highest BCUT2D eigenvalue weighted by Gasteiger charge is 2.26. The van der Waals surface area contributed by atoms with E-state index in [2.05, 4.69) is 10.6 Å². The molecule has 0 rings (SSSR count). The largest absolute Gasteiger partial charge is 0.480 e. The molecule has 140 valence electrons. The fraction of sp³-hybridized carbons (Fsp3) is 0.800. The Morgan fingerprint density at radius 2 is 1.33 bits per heavy atom. The summed E-state index contributed by atoms with van der Waals surface area (Å²) >= 11 is 0. The van der Waals surface area contributed by atoms with E-state index in [-0.39, 0.29) is 6.42 Å². The SMILES string of the molecule is C[C@H](N)C(=O)N[C@@H](CCCCN)C(=O)N[C@@H](CCCCN)C(=O)O. The average Bonchev–Trinajstić information content (AvgIpc) is 2.52. The van der Waals surface area contributed by atoms with Gasteiger partial charge in [-0.05, 0) is 58.5 Å². The van der Waals surface area contributed by atoms with Gasteiger partial charge in [0.15, 0.2) is 0 Å². The van der Waals surface area contributed by atoms with Crippen LogP contribution in [0.5, 0.6) is 0 Å². The molecule has 9 N–H and O–H groups in total. The van der Waals surface area contributed by atoms with Crippen molar-refractivity contribution in [2.75, 3.05) is 13.1 Å². The number of nitrogens with two attached hydrogens (primary N) is 3. The molecule has 9 nitrogen and oxygen atoms in total. The van der Waals surface area contributed by atoms with E-state index < -0.39 is 35.9 Å². The maximum absolute atomic E-state index is 12.4. The van der Waals surface area contributed by atoms with Crippen LogP contribution in [0.2, 0.25) is 0 Å². The van der Waals surface area contributed by atoms with Crippen molar-refractivity contribution in [2.45, 2.75) is 63.6 Å². The lowest BCUT2D eigenvalue weighted by atomic mass is 10.1. The van der Waals surface area contributed by atoms with Crippen molar-refractivity contribution < 1.29 is 19.5 Å². The number of unbranched alkanes of at least 4 members (excludes halogenated alkanes) is 2. The summed E-state index contributed by atoms with van der Waals surface area (Å²) in [5, 5.41) is 14.3. The third-order valence-corrected chi connectivity index (χ3v) is 3.55. The zero-order valence-corrected chi connectivity index (χ0v) is 14.3. The number of aliphatic carboxylic acids is 1. The van der Waals surface area contributed by atoms with Crippen LogP contribution in [-0.4, -0.2) is 54.1 Å². The number of hydrogen-bond donors (Lipinski definition) is 6. The quantitative estimate of drug-likeness (QED) is 0.224. The molecule has 0 aromatic carbocycles. The van der Waals surface area contributed by atoms with E-state index >= 15 is 0 Å². The molecule has 9 heteroatoms. The standard InChI is InChI=1S/C15H31N5O4/c1-10(18)13(21)19-11(6-2-4-8-16)14(22)20-12(15(23)24)7-3-5-9-17/h10-12H,2-9,16-18H2,1H3,(H,19,21)(H,20,22)(H,23,24)/t10-,11-,12-/m0/s1. The van der Waals surface area contributed by atoms with Gasteiger partial charge in [0.05, 0.1) is 6.04 Å². The Bertz CT molecular complexity index is 403. The van der Waals surface area contributed by atoms with Gasteiger partial charge in [0, 0.05) is 0 Å². The molecular weight excluding hydrogens is 314 g/mol. The predicted octanol–water partition coefficient (Wildman–Crippen LogP) is -1.35. The fourth-order valence-corrected chi connectivity index (χ4v) is 2.09. The van der Waals surface area contributed by atoms with Crippen molar-refractivity contribution in [3.63, 3.8) is 0 Å². The molecule has 3 atom stereocenters. The molecule has 0 radical (unpaired) electrons. The highest BCUT2D eigenvalue weighted by Crippen LogP contribution is 2.05. The van der Waals surface area contributed by atoms with Gasteiger partial charge in [0.25, 0.3) is 0 Å². The Morgan fingerprint density at radius 3 is 1.75 bits per heavy atom. The number of rotatable bonds is 13. The summed E-state index contributed by atoms with van der Waals surface area (Å²) in [6.07, 6.45) is 3.28. The van der Waals surface area contributed by atoms with Gasteiger partial charge < -0.3 is 32.9 Å². The molecule has 0 saturated heterocycles. The summed E-state index contributed by atoms with van der Waals surface area (Å²) in [6.45, 7) is 2.45. The van der Waals surface area contributed by atoms with Crippen molar-refractivity contribution in [1.82, 2.24) is 10.6 Å². The molecule has 24 heavy (non-hydrogen) atoms. The van der Waals surface area contributed by atoms with Crippen LogP contribution in [0.4, 0.5) is 0 Å². The minimum absolute atomic E-state index is 0.287. The normalized spacial score (nSPS) is 14.5. The maximum Gasteiger partial charge on any atom is 0.326 e. The van der Waals surface area contributed by atoms with E-state index in [0.29, 0.717) is 45.2 Å². The molecule has 0 bridgehead atoms. The summed E-state index contributed by atoms with van der Waals surface area (Å²) in [4.78, 5) is 35.4. The molecule has 0 unspecified atom stereocenters. The van der Waals surface area contributed by atoms with Crippen LogP contribution in [-0.2, 0) is 14.4 Å². The lowest BCUT2D eigenvalue weighted by Gasteiger charge is -2.22. The fourth-order valence-electron chi connectivity index (χ4n) is 2.09. The number of carbonyl (C=O) groups is 3. The zero-order valence-electron chi connectivity index (χ0n) is 14.3. The Kier molecular flexibility index (Phi) is 11.8. The average molecular weight is 345 g/mol. The monoisotopic (exact) mass is 345 g/mol. The predicted molar refractivity (Wildman–Crippen MR) is 91.0 cm³/mol. The summed E-state index contributed by atoms with van der Waals surface area (Å²) < 4.78 is 0. The smallest absolute Gasteiger partial charge is 0.326 e. The van der Waals surface area contributed by atoms with Crippen molar-refractivity contribution in [2.24, 2.45) is 17.2 Å². The molecular formula is C15H31N5O4. The minimum Gasteiger partial charge on any atom is -0.480 e. The van der Waals surface area contributed by atoms with E-state index in [0.717, 1.165) is 0 Å². The van der Waals surface area contributed by atoms with Gasteiger partial charge in [0.2, 0.25) is 11.8 Å². The first-order valence-electron chi connectivity index (χ1n) is 8.32. The van der Waals surface area contributed by atoms with Crippen LogP contribution in [0.15, 0.2) is 0 Å². The van der Waals surface area contributed by atoms with E-state index in [1.807, 2.05) is 0 Å². The summed E-state index contributed by atoms with van der Waals surface area (Å²) in [6, 6.07) is -2.59. The third-order valence-electron chi connectivity index (χ3n) is 3.55. The second-order valence-electron chi connectivity index (χ2n) is 5.82. The van der Waals surface area contributed by atoms with Gasteiger partial charge in [-0.3, -0.25) is 9.59 Å². The van der Waals surface area contributed by atoms with Crippen molar-refractivity contribution in [1.29, 1.82) is 0 Å². The zero-order chi connectivity index (χ0) is 18.5. The van der Waals surface area contributed by atoms with Crippen LogP contribution < -0.4 is 27.8 Å². The van der Waals surface area contributed by atoms with E-state index in [4.69, 9.17) is 17.2 Å². The van der Waals surface area contributed by atoms with Crippen LogP contribution in [0, 0.1) is 0 Å². The lowest BCUT2D eigenvalue weighted by Crippen LogP contribution is -2.54. The molecule has 0 aromatic heterocycles. The van der Waals surface area contributed by atoms with Crippen molar-refractivity contribution >= 4 is 17.8 Å². The third kappa shape index (κ3) is 9.43. The van der Waals surface area contributed by atoms with Crippen LogP contribution >= 0.6 is 0 Å². The molecule has 0 fully saturated rings.